The van der Waals surface area contributed by atoms with Gasteiger partial charge >= 0.3 is 0 Å². The number of hydrogen-bond acceptors (Lipinski definition) is 3. The van der Waals surface area contributed by atoms with E-state index < -0.39 is 6.17 Å². The Hall–Kier alpha value is -1.97. The van der Waals surface area contributed by atoms with Crippen molar-refractivity contribution in [2.24, 2.45) is 5.73 Å². The third-order valence-electron chi connectivity index (χ3n) is 2.04. The van der Waals surface area contributed by atoms with E-state index in [0.29, 0.717) is 6.42 Å². The van der Waals surface area contributed by atoms with Crippen LogP contribution >= 0.6 is 0 Å². The van der Waals surface area contributed by atoms with E-state index in [1.165, 1.54) is 0 Å². The summed E-state index contributed by atoms with van der Waals surface area (Å²) in [6.07, 6.45) is -0.764. The summed E-state index contributed by atoms with van der Waals surface area (Å²) in [6.45, 7) is 6.89. The van der Waals surface area contributed by atoms with E-state index in [2.05, 4.69) is 18.5 Å². The van der Waals surface area contributed by atoms with Gasteiger partial charge in [0.15, 0.2) is 5.88 Å². The Kier molecular flexibility index (Phi) is 5.07. The fourth-order valence-corrected chi connectivity index (χ4v) is 1.33. The third kappa shape index (κ3) is 5.61. The molecular formula is C13H17FN2O. The Morgan fingerprint density at radius 1 is 1.35 bits per heavy atom. The van der Waals surface area contributed by atoms with Crippen molar-refractivity contribution < 1.29 is 9.13 Å². The number of alkyl halides is 1. The van der Waals surface area contributed by atoms with Gasteiger partial charge in [0.1, 0.15) is 12.8 Å². The lowest BCUT2D eigenvalue weighted by molar-refractivity contribution is 0.125. The van der Waals surface area contributed by atoms with Crippen LogP contribution in [0.25, 0.3) is 0 Å². The van der Waals surface area contributed by atoms with Crippen LogP contribution in [0, 0.1) is 0 Å². The number of ether oxygens (including phenoxy) is 1. The van der Waals surface area contributed by atoms with E-state index >= 15 is 0 Å². The second-order valence-corrected chi connectivity index (χ2v) is 3.67. The first-order valence-electron chi connectivity index (χ1n) is 5.29. The van der Waals surface area contributed by atoms with Crippen molar-refractivity contribution in [2.45, 2.75) is 12.6 Å². The Balaban J connectivity index is 2.28. The van der Waals surface area contributed by atoms with Crippen molar-refractivity contribution in [3.8, 4) is 0 Å². The van der Waals surface area contributed by atoms with Gasteiger partial charge in [0.25, 0.3) is 0 Å². The highest BCUT2D eigenvalue weighted by atomic mass is 19.1. The standard InChI is InChI=1S/C13H17FN2O/c1-10(15)16-11(2)17-9-13(14)8-12-6-4-3-5-7-12/h3-7,13,16H,1-2,8-9,15H2. The van der Waals surface area contributed by atoms with Crippen LogP contribution in [0.1, 0.15) is 5.56 Å². The number of rotatable bonds is 7. The number of halogens is 1. The first-order chi connectivity index (χ1) is 8.08. The summed E-state index contributed by atoms with van der Waals surface area (Å²) in [6, 6.07) is 9.40. The summed E-state index contributed by atoms with van der Waals surface area (Å²) < 4.78 is 18.6. The van der Waals surface area contributed by atoms with Gasteiger partial charge in [-0.15, -0.1) is 0 Å². The van der Waals surface area contributed by atoms with Crippen LogP contribution in [0.15, 0.2) is 55.2 Å². The van der Waals surface area contributed by atoms with Gasteiger partial charge < -0.3 is 15.8 Å². The fraction of sp³-hybridized carbons (Fsp3) is 0.231. The van der Waals surface area contributed by atoms with E-state index in [0.717, 1.165) is 5.56 Å². The van der Waals surface area contributed by atoms with Gasteiger partial charge in [-0.3, -0.25) is 0 Å². The molecule has 0 aromatic heterocycles. The summed E-state index contributed by atoms with van der Waals surface area (Å²) in [4.78, 5) is 0. The first kappa shape index (κ1) is 13.1. The molecule has 0 saturated heterocycles. The summed E-state index contributed by atoms with van der Waals surface area (Å²) in [7, 11) is 0. The van der Waals surface area contributed by atoms with Crippen molar-refractivity contribution in [3.63, 3.8) is 0 Å². The molecule has 3 nitrogen and oxygen atoms in total. The maximum absolute atomic E-state index is 13.5. The minimum Gasteiger partial charge on any atom is -0.476 e. The number of benzene rings is 1. The van der Waals surface area contributed by atoms with Crippen molar-refractivity contribution in [1.29, 1.82) is 0 Å². The molecule has 0 radical (unpaired) electrons. The average molecular weight is 236 g/mol. The van der Waals surface area contributed by atoms with Crippen LogP contribution in [0.3, 0.4) is 0 Å². The van der Waals surface area contributed by atoms with Gasteiger partial charge in [0.05, 0.1) is 5.82 Å². The first-order valence-corrected chi connectivity index (χ1v) is 5.29. The summed E-state index contributed by atoms with van der Waals surface area (Å²) in [5.74, 6) is 0.418. The fourth-order valence-electron chi connectivity index (χ4n) is 1.33. The Bertz CT molecular complexity index is 378. The largest absolute Gasteiger partial charge is 0.476 e. The summed E-state index contributed by atoms with van der Waals surface area (Å²) in [5, 5.41) is 2.56. The Morgan fingerprint density at radius 2 is 2.00 bits per heavy atom. The van der Waals surface area contributed by atoms with Crippen LogP contribution in [0.2, 0.25) is 0 Å². The van der Waals surface area contributed by atoms with Crippen LogP contribution in [0.5, 0.6) is 0 Å². The molecule has 0 spiro atoms. The second-order valence-electron chi connectivity index (χ2n) is 3.67. The Morgan fingerprint density at radius 3 is 2.59 bits per heavy atom. The van der Waals surface area contributed by atoms with Crippen LogP contribution in [-0.2, 0) is 11.2 Å². The maximum Gasteiger partial charge on any atom is 0.184 e. The molecule has 0 saturated carbocycles. The summed E-state index contributed by atoms with van der Waals surface area (Å²) in [5.41, 5.74) is 6.22. The molecule has 3 N–H and O–H groups in total. The van der Waals surface area contributed by atoms with E-state index in [4.69, 9.17) is 10.5 Å². The van der Waals surface area contributed by atoms with Crippen LogP contribution in [0.4, 0.5) is 4.39 Å². The average Bonchev–Trinajstić information content (AvgIpc) is 2.27. The maximum atomic E-state index is 13.5. The van der Waals surface area contributed by atoms with Crippen molar-refractivity contribution in [3.05, 3.63) is 60.8 Å². The molecular weight excluding hydrogens is 219 g/mol. The summed E-state index contributed by atoms with van der Waals surface area (Å²) >= 11 is 0. The highest BCUT2D eigenvalue weighted by Crippen LogP contribution is 2.07. The highest BCUT2D eigenvalue weighted by Gasteiger charge is 2.09. The van der Waals surface area contributed by atoms with Gasteiger partial charge in [-0.05, 0) is 12.1 Å². The molecule has 1 atom stereocenters. The highest BCUT2D eigenvalue weighted by molar-refractivity contribution is 5.15. The molecule has 1 aromatic rings. The molecule has 0 aliphatic heterocycles. The molecule has 0 aliphatic rings. The van der Waals surface area contributed by atoms with Crippen molar-refractivity contribution in [2.75, 3.05) is 6.61 Å². The Labute approximate surface area is 101 Å². The quantitative estimate of drug-likeness (QED) is 0.712. The van der Waals surface area contributed by atoms with Crippen molar-refractivity contribution in [1.82, 2.24) is 5.32 Å². The number of nitrogens with two attached hydrogens (primary N) is 1. The SMILES string of the molecule is C=C(N)NC(=C)OCC(F)Cc1ccccc1. The normalized spacial score (nSPS) is 11.6. The molecule has 1 rings (SSSR count). The van der Waals surface area contributed by atoms with Gasteiger partial charge in [0.2, 0.25) is 0 Å². The van der Waals surface area contributed by atoms with Gasteiger partial charge in [-0.2, -0.15) is 0 Å². The van der Waals surface area contributed by atoms with E-state index in [-0.39, 0.29) is 18.3 Å². The zero-order valence-electron chi connectivity index (χ0n) is 9.66. The number of nitrogens with one attached hydrogen (secondary N) is 1. The van der Waals surface area contributed by atoms with Gasteiger partial charge in [-0.1, -0.05) is 36.9 Å². The lowest BCUT2D eigenvalue weighted by Gasteiger charge is -2.13. The molecule has 4 heteroatoms. The second kappa shape index (κ2) is 6.58. The molecule has 1 aromatic carbocycles. The molecule has 0 heterocycles. The molecule has 92 valence electrons. The lowest BCUT2D eigenvalue weighted by atomic mass is 10.1. The smallest absolute Gasteiger partial charge is 0.184 e. The van der Waals surface area contributed by atoms with E-state index in [9.17, 15) is 4.39 Å². The zero-order valence-corrected chi connectivity index (χ0v) is 9.66. The molecule has 1 unspecified atom stereocenters. The van der Waals surface area contributed by atoms with Gasteiger partial charge in [-0.25, -0.2) is 4.39 Å². The topological polar surface area (TPSA) is 47.3 Å². The van der Waals surface area contributed by atoms with Crippen LogP contribution < -0.4 is 11.1 Å². The predicted octanol–water partition coefficient (Wildman–Crippen LogP) is 2.07. The van der Waals surface area contributed by atoms with E-state index in [1.54, 1.807) is 0 Å². The van der Waals surface area contributed by atoms with Crippen LogP contribution in [-0.4, -0.2) is 12.8 Å². The predicted molar refractivity (Wildman–Crippen MR) is 66.6 cm³/mol. The molecule has 0 aliphatic carbocycles. The number of hydrogen-bond donors (Lipinski definition) is 2. The molecule has 0 fully saturated rings. The van der Waals surface area contributed by atoms with E-state index in [1.807, 2.05) is 30.3 Å². The van der Waals surface area contributed by atoms with Gasteiger partial charge in [0, 0.05) is 6.42 Å². The molecule has 0 bridgehead atoms. The van der Waals surface area contributed by atoms with Crippen molar-refractivity contribution >= 4 is 0 Å². The monoisotopic (exact) mass is 236 g/mol. The third-order valence-corrected chi connectivity index (χ3v) is 2.04. The zero-order chi connectivity index (χ0) is 12.7. The molecule has 17 heavy (non-hydrogen) atoms. The lowest BCUT2D eigenvalue weighted by Crippen LogP contribution is -2.22. The molecule has 0 amide bonds. The minimum atomic E-state index is -1.08. The minimum absolute atomic E-state index is 0.0615.